The summed E-state index contributed by atoms with van der Waals surface area (Å²) >= 11 is 6.30. The third-order valence-electron chi connectivity index (χ3n) is 4.76. The molecule has 0 unspecified atom stereocenters. The zero-order valence-corrected chi connectivity index (χ0v) is 15.9. The van der Waals surface area contributed by atoms with Gasteiger partial charge in [0.25, 0.3) is 0 Å². The molecule has 0 spiro atoms. The van der Waals surface area contributed by atoms with Gasteiger partial charge in [-0.3, -0.25) is 4.90 Å². The molecule has 2 aromatic rings. The van der Waals surface area contributed by atoms with Crippen LogP contribution in [-0.4, -0.2) is 43.8 Å². The van der Waals surface area contributed by atoms with Crippen molar-refractivity contribution in [1.82, 2.24) is 9.21 Å². The van der Waals surface area contributed by atoms with Crippen LogP contribution in [0.4, 0.5) is 0 Å². The first-order valence-corrected chi connectivity index (χ1v) is 10.5. The highest BCUT2D eigenvalue weighted by molar-refractivity contribution is 7.88. The summed E-state index contributed by atoms with van der Waals surface area (Å²) in [6.45, 7) is 4.57. The van der Waals surface area contributed by atoms with Crippen LogP contribution in [0.2, 0.25) is 5.02 Å². The van der Waals surface area contributed by atoms with E-state index in [1.54, 1.807) is 4.31 Å². The van der Waals surface area contributed by atoms with Crippen LogP contribution in [0, 0.1) is 0 Å². The molecule has 0 bridgehead atoms. The van der Waals surface area contributed by atoms with Crippen molar-refractivity contribution in [2.75, 3.05) is 26.2 Å². The lowest BCUT2D eigenvalue weighted by molar-refractivity contribution is 0.146. The van der Waals surface area contributed by atoms with Crippen molar-refractivity contribution in [3.63, 3.8) is 0 Å². The van der Waals surface area contributed by atoms with Gasteiger partial charge in [0.1, 0.15) is 0 Å². The predicted octanol–water partition coefficient (Wildman–Crippen LogP) is 3.55. The molecule has 0 N–H and O–H groups in total. The molecule has 6 heteroatoms. The normalized spacial score (nSPS) is 18.2. The van der Waals surface area contributed by atoms with Crippen molar-refractivity contribution < 1.29 is 8.42 Å². The second-order valence-electron chi connectivity index (χ2n) is 6.37. The van der Waals surface area contributed by atoms with Crippen molar-refractivity contribution in [3.8, 4) is 0 Å². The summed E-state index contributed by atoms with van der Waals surface area (Å²) in [6.07, 6.45) is 0. The Morgan fingerprint density at radius 3 is 2.20 bits per heavy atom. The first-order chi connectivity index (χ1) is 12.0. The number of nitrogens with zero attached hydrogens (tertiary/aromatic N) is 2. The maximum Gasteiger partial charge on any atom is 0.218 e. The van der Waals surface area contributed by atoms with Crippen LogP contribution in [0.1, 0.15) is 24.1 Å². The van der Waals surface area contributed by atoms with Gasteiger partial charge in [0, 0.05) is 37.2 Å². The van der Waals surface area contributed by atoms with Gasteiger partial charge in [0.15, 0.2) is 0 Å². The molecule has 2 aromatic carbocycles. The molecular formula is C19H23ClN2O2S. The van der Waals surface area contributed by atoms with Gasteiger partial charge in [-0.05, 0) is 24.1 Å². The van der Waals surface area contributed by atoms with Gasteiger partial charge in [-0.1, -0.05) is 60.1 Å². The Labute approximate surface area is 155 Å². The smallest absolute Gasteiger partial charge is 0.218 e. The summed E-state index contributed by atoms with van der Waals surface area (Å²) in [7, 11) is -3.28. The van der Waals surface area contributed by atoms with Gasteiger partial charge >= 0.3 is 0 Å². The van der Waals surface area contributed by atoms with Gasteiger partial charge in [-0.2, -0.15) is 4.31 Å². The standard InChI is InChI=1S/C19H23ClN2O2S/c1-16(18-9-5-6-10-19(18)20)21-11-13-22(14-12-21)25(23,24)15-17-7-3-2-4-8-17/h2-10,16H,11-15H2,1H3/t16-/m1/s1. The van der Waals surface area contributed by atoms with Crippen LogP contribution in [0.3, 0.4) is 0 Å². The number of benzene rings is 2. The summed E-state index contributed by atoms with van der Waals surface area (Å²) in [5.74, 6) is 0.0634. The Hall–Kier alpha value is -1.40. The zero-order valence-electron chi connectivity index (χ0n) is 14.3. The summed E-state index contributed by atoms with van der Waals surface area (Å²) < 4.78 is 26.9. The summed E-state index contributed by atoms with van der Waals surface area (Å²) in [6, 6.07) is 17.4. The Kier molecular flexibility index (Phi) is 5.79. The molecule has 1 heterocycles. The Morgan fingerprint density at radius 2 is 1.56 bits per heavy atom. The van der Waals surface area contributed by atoms with Crippen molar-refractivity contribution in [3.05, 3.63) is 70.7 Å². The van der Waals surface area contributed by atoms with E-state index in [-0.39, 0.29) is 11.8 Å². The number of piperazine rings is 1. The van der Waals surface area contributed by atoms with Crippen LogP contribution in [0.5, 0.6) is 0 Å². The molecule has 1 fully saturated rings. The highest BCUT2D eigenvalue weighted by Crippen LogP contribution is 2.28. The van der Waals surface area contributed by atoms with Crippen molar-refractivity contribution in [2.45, 2.75) is 18.7 Å². The molecule has 1 aliphatic rings. The van der Waals surface area contributed by atoms with Crippen LogP contribution in [-0.2, 0) is 15.8 Å². The molecule has 3 rings (SSSR count). The SMILES string of the molecule is C[C@H](c1ccccc1Cl)N1CCN(S(=O)(=O)Cc2ccccc2)CC1. The van der Waals surface area contributed by atoms with E-state index in [0.29, 0.717) is 26.2 Å². The highest BCUT2D eigenvalue weighted by atomic mass is 35.5. The van der Waals surface area contributed by atoms with Gasteiger partial charge in [-0.25, -0.2) is 8.42 Å². The third-order valence-corrected chi connectivity index (χ3v) is 6.96. The fourth-order valence-corrected chi connectivity index (χ4v) is 5.07. The zero-order chi connectivity index (χ0) is 17.9. The summed E-state index contributed by atoms with van der Waals surface area (Å²) in [5.41, 5.74) is 1.92. The van der Waals surface area contributed by atoms with Crippen LogP contribution in [0.25, 0.3) is 0 Å². The molecule has 4 nitrogen and oxygen atoms in total. The highest BCUT2D eigenvalue weighted by Gasteiger charge is 2.29. The Balaban J connectivity index is 1.62. The molecule has 0 saturated carbocycles. The minimum absolute atomic E-state index is 0.0634. The summed E-state index contributed by atoms with van der Waals surface area (Å²) in [5, 5.41) is 0.758. The molecule has 1 saturated heterocycles. The number of halogens is 1. The van der Waals surface area contributed by atoms with E-state index >= 15 is 0 Å². The number of sulfonamides is 1. The molecule has 134 valence electrons. The second-order valence-corrected chi connectivity index (χ2v) is 8.75. The average Bonchev–Trinajstić information content (AvgIpc) is 2.62. The number of hydrogen-bond donors (Lipinski definition) is 0. The maximum absolute atomic E-state index is 12.6. The lowest BCUT2D eigenvalue weighted by Gasteiger charge is -2.37. The van der Waals surface area contributed by atoms with E-state index in [9.17, 15) is 8.42 Å². The largest absolute Gasteiger partial charge is 0.294 e. The average molecular weight is 379 g/mol. The molecule has 0 radical (unpaired) electrons. The Bertz CT molecular complexity index is 803. The van der Waals surface area contributed by atoms with Gasteiger partial charge < -0.3 is 0 Å². The number of hydrogen-bond acceptors (Lipinski definition) is 3. The quantitative estimate of drug-likeness (QED) is 0.798. The van der Waals surface area contributed by atoms with Gasteiger partial charge in [-0.15, -0.1) is 0 Å². The first kappa shape index (κ1) is 18.4. The lowest BCUT2D eigenvalue weighted by Crippen LogP contribution is -2.49. The molecule has 1 aliphatic heterocycles. The van der Waals surface area contributed by atoms with Crippen molar-refractivity contribution in [2.24, 2.45) is 0 Å². The fraction of sp³-hybridized carbons (Fsp3) is 0.368. The van der Waals surface area contributed by atoms with E-state index in [1.165, 1.54) is 0 Å². The van der Waals surface area contributed by atoms with E-state index in [1.807, 2.05) is 54.6 Å². The maximum atomic E-state index is 12.6. The van der Waals surface area contributed by atoms with E-state index < -0.39 is 10.0 Å². The van der Waals surface area contributed by atoms with E-state index in [2.05, 4.69) is 11.8 Å². The van der Waals surface area contributed by atoms with Crippen LogP contribution in [0.15, 0.2) is 54.6 Å². The summed E-state index contributed by atoms with van der Waals surface area (Å²) in [4.78, 5) is 2.29. The molecule has 0 aliphatic carbocycles. The van der Waals surface area contributed by atoms with Crippen molar-refractivity contribution in [1.29, 1.82) is 0 Å². The van der Waals surface area contributed by atoms with E-state index in [4.69, 9.17) is 11.6 Å². The second kappa shape index (κ2) is 7.87. The van der Waals surface area contributed by atoms with E-state index in [0.717, 1.165) is 16.1 Å². The molecule has 0 aromatic heterocycles. The predicted molar refractivity (Wildman–Crippen MR) is 102 cm³/mol. The van der Waals surface area contributed by atoms with Gasteiger partial charge in [0.05, 0.1) is 5.75 Å². The fourth-order valence-electron chi connectivity index (χ4n) is 3.26. The third kappa shape index (κ3) is 4.42. The van der Waals surface area contributed by atoms with Crippen molar-refractivity contribution >= 4 is 21.6 Å². The topological polar surface area (TPSA) is 40.6 Å². The minimum Gasteiger partial charge on any atom is -0.294 e. The minimum atomic E-state index is -3.28. The number of rotatable bonds is 5. The molecule has 25 heavy (non-hydrogen) atoms. The van der Waals surface area contributed by atoms with Crippen LogP contribution < -0.4 is 0 Å². The van der Waals surface area contributed by atoms with Crippen LogP contribution >= 0.6 is 11.6 Å². The molecule has 1 atom stereocenters. The molecular weight excluding hydrogens is 356 g/mol. The Morgan fingerprint density at radius 1 is 0.960 bits per heavy atom. The lowest BCUT2D eigenvalue weighted by atomic mass is 10.1. The first-order valence-electron chi connectivity index (χ1n) is 8.47. The monoisotopic (exact) mass is 378 g/mol. The van der Waals surface area contributed by atoms with Gasteiger partial charge in [0.2, 0.25) is 10.0 Å². The molecule has 0 amide bonds.